The average Bonchev–Trinajstić information content (AvgIpc) is 3.55. The number of pyridine rings is 1. The van der Waals surface area contributed by atoms with E-state index < -0.39 is 0 Å². The second kappa shape index (κ2) is 10.8. The van der Waals surface area contributed by atoms with Crippen molar-refractivity contribution in [2.24, 2.45) is 0 Å². The van der Waals surface area contributed by atoms with E-state index in [0.29, 0.717) is 11.5 Å². The molecular weight excluding hydrogens is 528 g/mol. The third kappa shape index (κ3) is 4.71. The number of nitrogens with zero attached hydrogens (tertiary/aromatic N) is 2. The number of imidazole rings is 1. The summed E-state index contributed by atoms with van der Waals surface area (Å²) in [5.74, 6) is 1.37. The van der Waals surface area contributed by atoms with Gasteiger partial charge in [-0.25, -0.2) is 4.98 Å². The number of benzene rings is 5. The summed E-state index contributed by atoms with van der Waals surface area (Å²) < 4.78 is 14.2. The Morgan fingerprint density at radius 3 is 1.84 bits per heavy atom. The van der Waals surface area contributed by atoms with Crippen molar-refractivity contribution >= 4 is 16.4 Å². The number of methoxy groups -OCH3 is 2. The smallest absolute Gasteiger partial charge is 0.168 e. The minimum Gasteiger partial charge on any atom is -0.493 e. The fourth-order valence-electron chi connectivity index (χ4n) is 5.99. The summed E-state index contributed by atoms with van der Waals surface area (Å²) in [6, 6.07) is 38.7. The molecule has 0 spiro atoms. The Morgan fingerprint density at radius 2 is 1.21 bits per heavy atom. The van der Waals surface area contributed by atoms with Gasteiger partial charge in [0, 0.05) is 28.9 Å². The highest BCUT2D eigenvalue weighted by atomic mass is 16.5. The Balaban J connectivity index is 1.51. The zero-order chi connectivity index (χ0) is 29.5. The highest BCUT2D eigenvalue weighted by molar-refractivity contribution is 5.98. The van der Waals surface area contributed by atoms with Crippen LogP contribution in [0.5, 0.6) is 11.5 Å². The number of aromatic nitrogens is 2. The zero-order valence-electron chi connectivity index (χ0n) is 24.8. The molecule has 43 heavy (non-hydrogen) atoms. The maximum absolute atomic E-state index is 6.03. The molecule has 0 aliphatic carbocycles. The van der Waals surface area contributed by atoms with Gasteiger partial charge in [0.1, 0.15) is 5.65 Å². The second-order valence-electron chi connectivity index (χ2n) is 11.0. The van der Waals surface area contributed by atoms with Gasteiger partial charge in [-0.3, -0.25) is 4.40 Å². The molecule has 0 fully saturated rings. The lowest BCUT2D eigenvalue weighted by Crippen LogP contribution is -1.98. The highest BCUT2D eigenvalue weighted by Crippen LogP contribution is 2.44. The Bertz CT molecular complexity index is 2050. The van der Waals surface area contributed by atoms with E-state index in [-0.39, 0.29) is 0 Å². The predicted octanol–water partition coefficient (Wildman–Crippen LogP) is 9.79. The highest BCUT2D eigenvalue weighted by Gasteiger charge is 2.19. The van der Waals surface area contributed by atoms with Crippen LogP contribution in [0.4, 0.5) is 0 Å². The minimum atomic E-state index is 0.676. The van der Waals surface area contributed by atoms with Crippen LogP contribution < -0.4 is 9.47 Å². The molecule has 0 amide bonds. The molecule has 4 heteroatoms. The maximum Gasteiger partial charge on any atom is 0.168 e. The number of rotatable bonds is 6. The summed E-state index contributed by atoms with van der Waals surface area (Å²) in [5.41, 5.74) is 12.1. The number of hydrogen-bond donors (Lipinski definition) is 0. The molecule has 0 N–H and O–H groups in total. The van der Waals surface area contributed by atoms with E-state index in [2.05, 4.69) is 115 Å². The van der Waals surface area contributed by atoms with E-state index in [9.17, 15) is 0 Å². The van der Waals surface area contributed by atoms with Crippen molar-refractivity contribution in [3.05, 3.63) is 133 Å². The van der Waals surface area contributed by atoms with Crippen molar-refractivity contribution in [3.8, 4) is 56.1 Å². The van der Waals surface area contributed by atoms with Crippen LogP contribution in [0.1, 0.15) is 11.1 Å². The zero-order valence-corrected chi connectivity index (χ0v) is 24.8. The van der Waals surface area contributed by atoms with Crippen LogP contribution in [0.25, 0.3) is 61.1 Å². The van der Waals surface area contributed by atoms with E-state index in [4.69, 9.17) is 14.5 Å². The fourth-order valence-corrected chi connectivity index (χ4v) is 5.99. The second-order valence-corrected chi connectivity index (χ2v) is 11.0. The summed E-state index contributed by atoms with van der Waals surface area (Å²) in [6.45, 7) is 4.30. The molecule has 0 unspecified atom stereocenters. The molecule has 7 rings (SSSR count). The van der Waals surface area contributed by atoms with E-state index in [1.54, 1.807) is 14.2 Å². The van der Waals surface area contributed by atoms with Crippen LogP contribution in [-0.2, 0) is 0 Å². The summed E-state index contributed by atoms with van der Waals surface area (Å²) >= 11 is 0. The van der Waals surface area contributed by atoms with Gasteiger partial charge in [-0.1, -0.05) is 66.7 Å². The first-order valence-corrected chi connectivity index (χ1v) is 14.4. The van der Waals surface area contributed by atoms with Gasteiger partial charge in [-0.15, -0.1) is 0 Å². The van der Waals surface area contributed by atoms with Gasteiger partial charge in [0.05, 0.1) is 19.9 Å². The molecule has 2 aromatic heterocycles. The SMILES string of the molecule is COc1cc(-c2cc3cc(C)c(C)cc3c3nccn23)cc(-c2cc(-c3ccccc3)cc(-c3ccccc3)c2)c1OC. The van der Waals surface area contributed by atoms with Crippen LogP contribution in [0.3, 0.4) is 0 Å². The first-order valence-electron chi connectivity index (χ1n) is 14.4. The molecule has 0 bridgehead atoms. The number of aryl methyl sites for hydroxylation is 2. The summed E-state index contributed by atoms with van der Waals surface area (Å²) in [6.07, 6.45) is 3.89. The average molecular weight is 561 g/mol. The van der Waals surface area contributed by atoms with E-state index in [1.165, 1.54) is 11.1 Å². The van der Waals surface area contributed by atoms with Crippen LogP contribution >= 0.6 is 0 Å². The van der Waals surface area contributed by atoms with Crippen molar-refractivity contribution in [3.63, 3.8) is 0 Å². The number of hydrogen-bond acceptors (Lipinski definition) is 3. The lowest BCUT2D eigenvalue weighted by atomic mass is 9.91. The van der Waals surface area contributed by atoms with Gasteiger partial charge >= 0.3 is 0 Å². The molecule has 0 saturated carbocycles. The van der Waals surface area contributed by atoms with Crippen LogP contribution in [0.15, 0.2) is 122 Å². The molecule has 0 saturated heterocycles. The lowest BCUT2D eigenvalue weighted by molar-refractivity contribution is 0.356. The third-order valence-electron chi connectivity index (χ3n) is 8.33. The number of fused-ring (bicyclic) bond motifs is 3. The molecule has 5 aromatic carbocycles. The molecule has 210 valence electrons. The number of ether oxygens (including phenoxy) is 2. The first-order chi connectivity index (χ1) is 21.0. The van der Waals surface area contributed by atoms with Crippen molar-refractivity contribution in [2.75, 3.05) is 14.2 Å². The van der Waals surface area contributed by atoms with E-state index >= 15 is 0 Å². The fraction of sp³-hybridized carbons (Fsp3) is 0.103. The molecule has 0 atom stereocenters. The normalized spacial score (nSPS) is 11.3. The van der Waals surface area contributed by atoms with Gasteiger partial charge < -0.3 is 9.47 Å². The summed E-state index contributed by atoms with van der Waals surface area (Å²) in [5, 5.41) is 2.30. The monoisotopic (exact) mass is 560 g/mol. The Hall–Kier alpha value is -5.35. The minimum absolute atomic E-state index is 0.676. The third-order valence-corrected chi connectivity index (χ3v) is 8.33. The molecule has 0 aliphatic rings. The van der Waals surface area contributed by atoms with Crippen molar-refractivity contribution in [1.29, 1.82) is 0 Å². The van der Waals surface area contributed by atoms with Gasteiger partial charge in [0.2, 0.25) is 0 Å². The van der Waals surface area contributed by atoms with Gasteiger partial charge in [0.25, 0.3) is 0 Å². The molecule has 4 nitrogen and oxygen atoms in total. The Kier molecular flexibility index (Phi) is 6.67. The Labute approximate surface area is 251 Å². The maximum atomic E-state index is 6.03. The van der Waals surface area contributed by atoms with Crippen molar-refractivity contribution in [2.45, 2.75) is 13.8 Å². The van der Waals surface area contributed by atoms with E-state index in [0.717, 1.165) is 61.1 Å². The van der Waals surface area contributed by atoms with Crippen molar-refractivity contribution < 1.29 is 9.47 Å². The summed E-state index contributed by atoms with van der Waals surface area (Å²) in [7, 11) is 3.40. The molecule has 0 aliphatic heterocycles. The van der Waals surface area contributed by atoms with Crippen LogP contribution in [0, 0.1) is 13.8 Å². The van der Waals surface area contributed by atoms with Gasteiger partial charge in [-0.05, 0) is 101 Å². The lowest BCUT2D eigenvalue weighted by Gasteiger charge is -2.18. The van der Waals surface area contributed by atoms with Crippen LogP contribution in [0.2, 0.25) is 0 Å². The van der Waals surface area contributed by atoms with Gasteiger partial charge in [-0.2, -0.15) is 0 Å². The first kappa shape index (κ1) is 26.5. The van der Waals surface area contributed by atoms with Crippen molar-refractivity contribution in [1.82, 2.24) is 9.38 Å². The largest absolute Gasteiger partial charge is 0.493 e. The molecular formula is C39H32N2O2. The van der Waals surface area contributed by atoms with E-state index in [1.807, 2.05) is 24.5 Å². The summed E-state index contributed by atoms with van der Waals surface area (Å²) in [4.78, 5) is 4.76. The molecule has 2 heterocycles. The molecule has 7 aromatic rings. The Morgan fingerprint density at radius 1 is 0.581 bits per heavy atom. The molecule has 0 radical (unpaired) electrons. The topological polar surface area (TPSA) is 35.8 Å². The predicted molar refractivity (Wildman–Crippen MR) is 177 cm³/mol. The van der Waals surface area contributed by atoms with Crippen LogP contribution in [-0.4, -0.2) is 23.6 Å². The quantitative estimate of drug-likeness (QED) is 0.203. The van der Waals surface area contributed by atoms with Gasteiger partial charge in [0.15, 0.2) is 11.5 Å². The standard InChI is InChI=1S/C39H32N2O2/c1-25-17-31-23-36(41-16-15-40-39(41)35(31)18-26(25)2)33-22-34(38(43-4)37(24-33)42-3)32-20-29(27-11-7-5-8-12-27)19-30(21-32)28-13-9-6-10-14-28/h5-24H,1-4H3.